The summed E-state index contributed by atoms with van der Waals surface area (Å²) < 4.78 is 11.5. The van der Waals surface area contributed by atoms with Crippen molar-refractivity contribution in [2.45, 2.75) is 44.7 Å². The zero-order valence-electron chi connectivity index (χ0n) is 7.80. The molecule has 0 spiro atoms. The lowest BCUT2D eigenvalue weighted by atomic mass is 10.1. The third-order valence-corrected chi connectivity index (χ3v) is 2.50. The quantitative estimate of drug-likeness (QED) is 0.587. The minimum Gasteiger partial charge on any atom is -0.345 e. The molecule has 0 aromatic rings. The summed E-state index contributed by atoms with van der Waals surface area (Å²) >= 11 is 0. The Bertz CT molecular complexity index is 154. The zero-order valence-corrected chi connectivity index (χ0v) is 7.80. The smallest absolute Gasteiger partial charge is 0.163 e. The van der Waals surface area contributed by atoms with Gasteiger partial charge in [0, 0.05) is 0 Å². The highest BCUT2D eigenvalue weighted by Gasteiger charge is 2.41. The number of hydrogen-bond acceptors (Lipinski definition) is 3. The minimum atomic E-state index is -0.354. The highest BCUT2D eigenvalue weighted by Crippen LogP contribution is 2.31. The lowest BCUT2D eigenvalue weighted by Crippen LogP contribution is -2.24. The molecule has 2 fully saturated rings. The van der Waals surface area contributed by atoms with E-state index in [0.717, 1.165) is 25.9 Å². The summed E-state index contributed by atoms with van der Waals surface area (Å²) in [4.78, 5) is 0. The van der Waals surface area contributed by atoms with E-state index in [-0.39, 0.29) is 5.79 Å². The number of rotatable bonds is 0. The van der Waals surface area contributed by atoms with Gasteiger partial charge in [0.2, 0.25) is 0 Å². The minimum absolute atomic E-state index is 0.315. The fraction of sp³-hybridized carbons (Fsp3) is 1.00. The van der Waals surface area contributed by atoms with E-state index in [0.29, 0.717) is 12.2 Å². The number of fused-ring (bicyclic) bond motifs is 1. The number of hydrogen-bond donors (Lipinski definition) is 1. The Morgan fingerprint density at radius 3 is 2.08 bits per heavy atom. The highest BCUT2D eigenvalue weighted by atomic mass is 16.7. The van der Waals surface area contributed by atoms with E-state index in [4.69, 9.17) is 9.47 Å². The molecule has 0 aromatic carbocycles. The first-order chi connectivity index (χ1) is 5.67. The zero-order chi connectivity index (χ0) is 8.60. The Morgan fingerprint density at radius 2 is 1.58 bits per heavy atom. The van der Waals surface area contributed by atoms with Gasteiger partial charge in [0.05, 0.1) is 12.2 Å². The van der Waals surface area contributed by atoms with Gasteiger partial charge >= 0.3 is 0 Å². The lowest BCUT2D eigenvalue weighted by molar-refractivity contribution is -0.147. The van der Waals surface area contributed by atoms with E-state index in [1.807, 2.05) is 13.8 Å². The average Bonchev–Trinajstić information content (AvgIpc) is 2.17. The number of ether oxygens (including phenoxy) is 2. The van der Waals surface area contributed by atoms with E-state index in [9.17, 15) is 0 Å². The Labute approximate surface area is 73.4 Å². The predicted octanol–water partition coefficient (Wildman–Crippen LogP) is 0.890. The van der Waals surface area contributed by atoms with Crippen molar-refractivity contribution in [1.29, 1.82) is 0 Å². The molecule has 12 heavy (non-hydrogen) atoms. The Balaban J connectivity index is 2.02. The van der Waals surface area contributed by atoms with Crippen LogP contribution in [0.1, 0.15) is 26.7 Å². The summed E-state index contributed by atoms with van der Waals surface area (Å²) in [5.41, 5.74) is 0. The third-order valence-electron chi connectivity index (χ3n) is 2.50. The molecule has 0 saturated carbocycles. The largest absolute Gasteiger partial charge is 0.345 e. The van der Waals surface area contributed by atoms with E-state index >= 15 is 0 Å². The van der Waals surface area contributed by atoms with Crippen molar-refractivity contribution in [2.24, 2.45) is 0 Å². The molecule has 2 rings (SSSR count). The SMILES string of the molecule is CC1(C)O[C@H]2CCNCC[C@H]2O1. The Hall–Kier alpha value is -0.120. The van der Waals surface area contributed by atoms with Crippen LogP contribution in [0, 0.1) is 0 Å². The third kappa shape index (κ3) is 1.63. The van der Waals surface area contributed by atoms with Crippen LogP contribution >= 0.6 is 0 Å². The van der Waals surface area contributed by atoms with Crippen LogP contribution in [0.25, 0.3) is 0 Å². The van der Waals surface area contributed by atoms with Crippen LogP contribution in [0.15, 0.2) is 0 Å². The molecular weight excluding hydrogens is 154 g/mol. The summed E-state index contributed by atoms with van der Waals surface area (Å²) in [6.07, 6.45) is 2.78. The average molecular weight is 171 g/mol. The molecule has 2 saturated heterocycles. The van der Waals surface area contributed by atoms with Crippen molar-refractivity contribution in [2.75, 3.05) is 13.1 Å². The van der Waals surface area contributed by atoms with E-state index in [1.54, 1.807) is 0 Å². The van der Waals surface area contributed by atoms with Crippen LogP contribution in [-0.4, -0.2) is 31.1 Å². The van der Waals surface area contributed by atoms with Crippen LogP contribution < -0.4 is 5.32 Å². The van der Waals surface area contributed by atoms with Crippen LogP contribution in [-0.2, 0) is 9.47 Å². The second kappa shape index (κ2) is 2.98. The van der Waals surface area contributed by atoms with Crippen molar-refractivity contribution in [3.63, 3.8) is 0 Å². The molecule has 2 atom stereocenters. The van der Waals surface area contributed by atoms with Crippen molar-refractivity contribution in [1.82, 2.24) is 5.32 Å². The molecule has 2 aliphatic heterocycles. The first kappa shape index (κ1) is 8.48. The maximum absolute atomic E-state index is 5.77. The van der Waals surface area contributed by atoms with Gasteiger partial charge in [-0.15, -0.1) is 0 Å². The predicted molar refractivity (Wildman–Crippen MR) is 45.9 cm³/mol. The van der Waals surface area contributed by atoms with Crippen LogP contribution in [0.5, 0.6) is 0 Å². The summed E-state index contributed by atoms with van der Waals surface area (Å²) in [6, 6.07) is 0. The fourth-order valence-corrected chi connectivity index (χ4v) is 2.01. The molecule has 0 unspecified atom stereocenters. The fourth-order valence-electron chi connectivity index (χ4n) is 2.01. The maximum atomic E-state index is 5.77. The molecule has 0 radical (unpaired) electrons. The normalized spacial score (nSPS) is 40.5. The molecular formula is C9H17NO2. The standard InChI is InChI=1S/C9H17NO2/c1-9(2)11-7-3-5-10-6-4-8(7)12-9/h7-8,10H,3-6H2,1-2H3/t7-,8+. The molecule has 2 aliphatic rings. The van der Waals surface area contributed by atoms with Gasteiger partial charge in [-0.3, -0.25) is 0 Å². The van der Waals surface area contributed by atoms with E-state index in [1.165, 1.54) is 0 Å². The van der Waals surface area contributed by atoms with Gasteiger partial charge in [-0.1, -0.05) is 0 Å². The van der Waals surface area contributed by atoms with Gasteiger partial charge in [0.15, 0.2) is 5.79 Å². The van der Waals surface area contributed by atoms with E-state index in [2.05, 4.69) is 5.32 Å². The summed E-state index contributed by atoms with van der Waals surface area (Å²) in [5, 5.41) is 3.34. The van der Waals surface area contributed by atoms with Gasteiger partial charge in [-0.05, 0) is 39.8 Å². The van der Waals surface area contributed by atoms with Crippen LogP contribution in [0.2, 0.25) is 0 Å². The maximum Gasteiger partial charge on any atom is 0.163 e. The van der Waals surface area contributed by atoms with Gasteiger partial charge in [-0.25, -0.2) is 0 Å². The first-order valence-electron chi connectivity index (χ1n) is 4.74. The van der Waals surface area contributed by atoms with E-state index < -0.39 is 0 Å². The summed E-state index contributed by atoms with van der Waals surface area (Å²) in [5.74, 6) is -0.354. The highest BCUT2D eigenvalue weighted by molar-refractivity contribution is 4.84. The van der Waals surface area contributed by atoms with Gasteiger partial charge in [0.1, 0.15) is 0 Å². The molecule has 1 N–H and O–H groups in total. The summed E-state index contributed by atoms with van der Waals surface area (Å²) in [7, 11) is 0. The molecule has 3 nitrogen and oxygen atoms in total. The second-order valence-corrected chi connectivity index (χ2v) is 4.04. The monoisotopic (exact) mass is 171 g/mol. The second-order valence-electron chi connectivity index (χ2n) is 4.04. The van der Waals surface area contributed by atoms with Crippen molar-refractivity contribution in [3.05, 3.63) is 0 Å². The Morgan fingerprint density at radius 1 is 1.08 bits per heavy atom. The molecule has 0 aliphatic carbocycles. The first-order valence-corrected chi connectivity index (χ1v) is 4.74. The Kier molecular flexibility index (Phi) is 2.10. The van der Waals surface area contributed by atoms with Gasteiger partial charge < -0.3 is 14.8 Å². The van der Waals surface area contributed by atoms with Gasteiger partial charge in [0.25, 0.3) is 0 Å². The van der Waals surface area contributed by atoms with Crippen LogP contribution in [0.3, 0.4) is 0 Å². The number of nitrogens with one attached hydrogen (secondary N) is 1. The van der Waals surface area contributed by atoms with Crippen LogP contribution in [0.4, 0.5) is 0 Å². The topological polar surface area (TPSA) is 30.5 Å². The molecule has 0 bridgehead atoms. The summed E-state index contributed by atoms with van der Waals surface area (Å²) in [6.45, 7) is 6.10. The molecule has 0 aromatic heterocycles. The molecule has 70 valence electrons. The molecule has 3 heteroatoms. The molecule has 2 heterocycles. The lowest BCUT2D eigenvalue weighted by Gasteiger charge is -2.17. The van der Waals surface area contributed by atoms with Crippen molar-refractivity contribution < 1.29 is 9.47 Å². The van der Waals surface area contributed by atoms with Crippen molar-refractivity contribution >= 4 is 0 Å². The molecule has 0 amide bonds. The van der Waals surface area contributed by atoms with Crippen molar-refractivity contribution in [3.8, 4) is 0 Å². The van der Waals surface area contributed by atoms with Gasteiger partial charge in [-0.2, -0.15) is 0 Å².